The van der Waals surface area contributed by atoms with Crippen LogP contribution < -0.4 is 4.72 Å². The van der Waals surface area contributed by atoms with Gasteiger partial charge in [-0.05, 0) is 37.1 Å². The van der Waals surface area contributed by atoms with Crippen LogP contribution in [0.3, 0.4) is 0 Å². The fourth-order valence-corrected chi connectivity index (χ4v) is 4.20. The summed E-state index contributed by atoms with van der Waals surface area (Å²) in [5, 5.41) is 8.92. The third kappa shape index (κ3) is 3.46. The monoisotopic (exact) mass is 326 g/mol. The van der Waals surface area contributed by atoms with Gasteiger partial charge in [-0.2, -0.15) is 0 Å². The number of carboxylic acids is 1. The van der Waals surface area contributed by atoms with Gasteiger partial charge in [-0.1, -0.05) is 0 Å². The average Bonchev–Trinajstić information content (AvgIpc) is 2.81. The molecule has 2 rings (SSSR count). The van der Waals surface area contributed by atoms with E-state index in [-0.39, 0.29) is 16.3 Å². The largest absolute Gasteiger partial charge is 0.477 e. The molecule has 0 radical (unpaired) electrons. The molecule has 0 aromatic carbocycles. The molecule has 0 unspecified atom stereocenters. The van der Waals surface area contributed by atoms with Gasteiger partial charge in [0.15, 0.2) is 0 Å². The number of sulfonamides is 1. The first-order valence-corrected chi connectivity index (χ1v) is 8.34. The predicted octanol–water partition coefficient (Wildman–Crippen LogP) is 1.94. The summed E-state index contributed by atoms with van der Waals surface area (Å²) in [4.78, 5) is 15.3. The molecule has 2 aromatic rings. The summed E-state index contributed by atoms with van der Waals surface area (Å²) in [6.45, 7) is 3.56. The third-order valence-corrected chi connectivity index (χ3v) is 5.67. The predicted molar refractivity (Wildman–Crippen MR) is 79.0 cm³/mol. The molecule has 6 nitrogen and oxygen atoms in total. The zero-order valence-electron chi connectivity index (χ0n) is 11.5. The van der Waals surface area contributed by atoms with Crippen molar-refractivity contribution in [2.24, 2.45) is 0 Å². The van der Waals surface area contributed by atoms with E-state index in [2.05, 4.69) is 9.71 Å². The standard InChI is InChI=1S/C13H14N2O4S2/c1-8-3-4-14-6-10(8)7-15-21(18,19)12-5-11(13(16)17)20-9(12)2/h3-6,15H,7H2,1-2H3,(H,16,17). The molecule has 112 valence electrons. The van der Waals surface area contributed by atoms with Crippen LogP contribution in [-0.4, -0.2) is 24.5 Å². The number of hydrogen-bond acceptors (Lipinski definition) is 5. The maximum Gasteiger partial charge on any atom is 0.345 e. The number of aromatic nitrogens is 1. The fourth-order valence-electron chi connectivity index (χ4n) is 1.77. The lowest BCUT2D eigenvalue weighted by Gasteiger charge is -2.08. The zero-order chi connectivity index (χ0) is 15.6. The van der Waals surface area contributed by atoms with Gasteiger partial charge in [0.1, 0.15) is 4.88 Å². The number of hydrogen-bond donors (Lipinski definition) is 2. The Morgan fingerprint density at radius 3 is 2.71 bits per heavy atom. The maximum atomic E-state index is 12.3. The summed E-state index contributed by atoms with van der Waals surface area (Å²) in [5.74, 6) is -1.13. The van der Waals surface area contributed by atoms with E-state index in [1.165, 1.54) is 6.07 Å². The van der Waals surface area contributed by atoms with Crippen molar-refractivity contribution in [2.75, 3.05) is 0 Å². The molecule has 0 aliphatic carbocycles. The second-order valence-corrected chi connectivity index (χ2v) is 7.45. The first-order valence-electron chi connectivity index (χ1n) is 6.04. The molecule has 2 N–H and O–H groups in total. The van der Waals surface area contributed by atoms with Crippen LogP contribution in [0.2, 0.25) is 0 Å². The Kier molecular flexibility index (Phi) is 4.40. The van der Waals surface area contributed by atoms with Gasteiger partial charge in [-0.15, -0.1) is 11.3 Å². The molecule has 0 spiro atoms. The van der Waals surface area contributed by atoms with Crippen LogP contribution in [0.4, 0.5) is 0 Å². The normalized spacial score (nSPS) is 11.5. The Labute approximate surface area is 126 Å². The number of pyridine rings is 1. The van der Waals surface area contributed by atoms with Crippen molar-refractivity contribution in [3.8, 4) is 0 Å². The number of nitrogens with one attached hydrogen (secondary N) is 1. The van der Waals surface area contributed by atoms with Crippen molar-refractivity contribution >= 4 is 27.3 Å². The van der Waals surface area contributed by atoms with Crippen LogP contribution in [-0.2, 0) is 16.6 Å². The molecular weight excluding hydrogens is 312 g/mol. The Morgan fingerprint density at radius 1 is 1.43 bits per heavy atom. The summed E-state index contributed by atoms with van der Waals surface area (Å²) in [7, 11) is -3.75. The first kappa shape index (κ1) is 15.6. The van der Waals surface area contributed by atoms with E-state index in [9.17, 15) is 13.2 Å². The molecule has 0 bridgehead atoms. The minimum atomic E-state index is -3.75. The fraction of sp³-hybridized carbons (Fsp3) is 0.231. The zero-order valence-corrected chi connectivity index (χ0v) is 13.1. The van der Waals surface area contributed by atoms with E-state index in [4.69, 9.17) is 5.11 Å². The Bertz CT molecular complexity index is 781. The van der Waals surface area contributed by atoms with E-state index in [0.717, 1.165) is 22.5 Å². The van der Waals surface area contributed by atoms with Gasteiger partial charge in [-0.25, -0.2) is 17.9 Å². The molecule has 0 aliphatic heterocycles. The SMILES string of the molecule is Cc1ccncc1CNS(=O)(=O)c1cc(C(=O)O)sc1C. The Morgan fingerprint density at radius 2 is 2.14 bits per heavy atom. The molecule has 2 aromatic heterocycles. The topological polar surface area (TPSA) is 96.4 Å². The quantitative estimate of drug-likeness (QED) is 0.875. The lowest BCUT2D eigenvalue weighted by molar-refractivity contribution is 0.0702. The summed E-state index contributed by atoms with van der Waals surface area (Å²) in [5.41, 5.74) is 1.70. The van der Waals surface area contributed by atoms with Gasteiger partial charge in [0.2, 0.25) is 10.0 Å². The van der Waals surface area contributed by atoms with Crippen LogP contribution in [0.5, 0.6) is 0 Å². The van der Waals surface area contributed by atoms with Crippen molar-refractivity contribution in [2.45, 2.75) is 25.3 Å². The van der Waals surface area contributed by atoms with Crippen molar-refractivity contribution in [3.63, 3.8) is 0 Å². The van der Waals surface area contributed by atoms with E-state index in [1.54, 1.807) is 25.4 Å². The van der Waals surface area contributed by atoms with E-state index >= 15 is 0 Å². The lowest BCUT2D eigenvalue weighted by atomic mass is 10.2. The number of carboxylic acid groups (broad SMARTS) is 1. The molecule has 8 heteroatoms. The maximum absolute atomic E-state index is 12.3. The van der Waals surface area contributed by atoms with Crippen molar-refractivity contribution < 1.29 is 18.3 Å². The van der Waals surface area contributed by atoms with Gasteiger partial charge in [0, 0.05) is 23.8 Å². The minimum Gasteiger partial charge on any atom is -0.477 e. The number of aryl methyl sites for hydroxylation is 2. The van der Waals surface area contributed by atoms with E-state index in [1.807, 2.05) is 6.92 Å². The van der Waals surface area contributed by atoms with E-state index in [0.29, 0.717) is 4.88 Å². The number of carbonyl (C=O) groups is 1. The second-order valence-electron chi connectivity index (χ2n) is 4.46. The number of thiophene rings is 1. The minimum absolute atomic E-state index is 0.00503. The van der Waals surface area contributed by atoms with Crippen LogP contribution in [0, 0.1) is 13.8 Å². The Hall–Kier alpha value is -1.77. The lowest BCUT2D eigenvalue weighted by Crippen LogP contribution is -2.23. The Balaban J connectivity index is 2.23. The second kappa shape index (κ2) is 5.92. The summed E-state index contributed by atoms with van der Waals surface area (Å²) >= 11 is 0.943. The molecule has 2 heterocycles. The van der Waals surface area contributed by atoms with Gasteiger partial charge in [0.05, 0.1) is 4.90 Å². The van der Waals surface area contributed by atoms with Crippen molar-refractivity contribution in [1.29, 1.82) is 0 Å². The molecule has 0 saturated heterocycles. The van der Waals surface area contributed by atoms with Crippen molar-refractivity contribution in [1.82, 2.24) is 9.71 Å². The molecule has 0 aliphatic rings. The summed E-state index contributed by atoms with van der Waals surface area (Å²) in [6, 6.07) is 2.97. The van der Waals surface area contributed by atoms with Gasteiger partial charge in [0.25, 0.3) is 0 Å². The summed E-state index contributed by atoms with van der Waals surface area (Å²) < 4.78 is 27.0. The molecular formula is C13H14N2O4S2. The van der Waals surface area contributed by atoms with Crippen LogP contribution in [0.15, 0.2) is 29.4 Å². The molecule has 0 saturated carbocycles. The summed E-state index contributed by atoms with van der Waals surface area (Å²) in [6.07, 6.45) is 3.23. The van der Waals surface area contributed by atoms with Crippen LogP contribution in [0.25, 0.3) is 0 Å². The van der Waals surface area contributed by atoms with Crippen LogP contribution in [0.1, 0.15) is 25.7 Å². The highest BCUT2D eigenvalue weighted by atomic mass is 32.2. The number of rotatable bonds is 5. The van der Waals surface area contributed by atoms with Crippen LogP contribution >= 0.6 is 11.3 Å². The van der Waals surface area contributed by atoms with Gasteiger partial charge < -0.3 is 5.11 Å². The average molecular weight is 326 g/mol. The highest BCUT2D eigenvalue weighted by Gasteiger charge is 2.22. The van der Waals surface area contributed by atoms with Crippen molar-refractivity contribution in [3.05, 3.63) is 45.4 Å². The number of nitrogens with zero attached hydrogens (tertiary/aromatic N) is 1. The molecule has 0 fully saturated rings. The first-order chi connectivity index (χ1) is 9.81. The smallest absolute Gasteiger partial charge is 0.345 e. The highest BCUT2D eigenvalue weighted by Crippen LogP contribution is 2.25. The molecule has 21 heavy (non-hydrogen) atoms. The molecule has 0 amide bonds. The number of aromatic carboxylic acids is 1. The third-order valence-electron chi connectivity index (χ3n) is 2.97. The molecule has 0 atom stereocenters. The van der Waals surface area contributed by atoms with Gasteiger partial charge in [-0.3, -0.25) is 4.98 Å². The van der Waals surface area contributed by atoms with Gasteiger partial charge >= 0.3 is 5.97 Å². The highest BCUT2D eigenvalue weighted by molar-refractivity contribution is 7.89. The van der Waals surface area contributed by atoms with E-state index < -0.39 is 16.0 Å².